The molecule has 0 aliphatic carbocycles. The van der Waals surface area contributed by atoms with Crippen LogP contribution >= 0.6 is 0 Å². The number of nitrogens with zero attached hydrogens (tertiary/aromatic N) is 3. The molecule has 0 amide bonds. The van der Waals surface area contributed by atoms with E-state index in [9.17, 15) is 5.11 Å². The van der Waals surface area contributed by atoms with E-state index in [1.165, 1.54) is 11.1 Å². The molecule has 6 heteroatoms. The third kappa shape index (κ3) is 4.27. The number of rotatable bonds is 6. The maximum Gasteiger partial charge on any atom is 0.134 e. The minimum atomic E-state index is -0.812. The van der Waals surface area contributed by atoms with Crippen molar-refractivity contribution in [1.29, 1.82) is 0 Å². The number of hydrogen-bond donors (Lipinski definition) is 3. The third-order valence-corrected chi connectivity index (χ3v) is 4.54. The molecule has 1 aromatic carbocycles. The summed E-state index contributed by atoms with van der Waals surface area (Å²) in [6.07, 6.45) is 3.19. The molecule has 0 radical (unpaired) electrons. The zero-order valence-corrected chi connectivity index (χ0v) is 14.9. The lowest BCUT2D eigenvalue weighted by Gasteiger charge is -2.31. The van der Waals surface area contributed by atoms with Crippen LogP contribution in [0.5, 0.6) is 0 Å². The van der Waals surface area contributed by atoms with E-state index in [1.54, 1.807) is 6.33 Å². The summed E-state index contributed by atoms with van der Waals surface area (Å²) in [7, 11) is 0. The third-order valence-electron chi connectivity index (χ3n) is 4.54. The van der Waals surface area contributed by atoms with Gasteiger partial charge in [0.25, 0.3) is 0 Å². The van der Waals surface area contributed by atoms with Crippen molar-refractivity contribution in [1.82, 2.24) is 9.97 Å². The molecule has 1 aromatic heterocycles. The minimum Gasteiger partial charge on any atom is -0.396 e. The van der Waals surface area contributed by atoms with Gasteiger partial charge in [-0.3, -0.25) is 0 Å². The highest BCUT2D eigenvalue weighted by Crippen LogP contribution is 2.28. The summed E-state index contributed by atoms with van der Waals surface area (Å²) in [5, 5.41) is 22.3. The lowest BCUT2D eigenvalue weighted by atomic mass is 9.91. The summed E-state index contributed by atoms with van der Waals surface area (Å²) in [4.78, 5) is 10.9. The molecule has 2 aromatic rings. The van der Waals surface area contributed by atoms with Crippen molar-refractivity contribution >= 4 is 11.6 Å². The molecule has 1 aliphatic rings. The first-order valence-electron chi connectivity index (χ1n) is 8.74. The smallest absolute Gasteiger partial charge is 0.134 e. The highest BCUT2D eigenvalue weighted by Gasteiger charge is 2.22. The molecule has 2 heterocycles. The maximum atomic E-state index is 10.2. The van der Waals surface area contributed by atoms with Gasteiger partial charge in [0.1, 0.15) is 18.0 Å². The van der Waals surface area contributed by atoms with Crippen LogP contribution in [0, 0.1) is 0 Å². The first-order chi connectivity index (χ1) is 12.0. The second-order valence-electron chi connectivity index (χ2n) is 6.98. The Kier molecular flexibility index (Phi) is 5.20. The first-order valence-corrected chi connectivity index (χ1v) is 8.74. The van der Waals surface area contributed by atoms with Gasteiger partial charge in [-0.05, 0) is 43.4 Å². The summed E-state index contributed by atoms with van der Waals surface area (Å²) in [5.74, 6) is 1.68. The van der Waals surface area contributed by atoms with E-state index in [1.807, 2.05) is 26.0 Å². The van der Waals surface area contributed by atoms with Crippen LogP contribution in [0.25, 0.3) is 0 Å². The van der Waals surface area contributed by atoms with Gasteiger partial charge in [0.15, 0.2) is 0 Å². The molecule has 0 atom stereocenters. The monoisotopic (exact) mass is 342 g/mol. The molecule has 0 unspecified atom stereocenters. The van der Waals surface area contributed by atoms with Crippen LogP contribution in [0.1, 0.15) is 37.0 Å². The predicted molar refractivity (Wildman–Crippen MR) is 98.7 cm³/mol. The Morgan fingerprint density at radius 1 is 1.20 bits per heavy atom. The number of fused-ring (bicyclic) bond motifs is 1. The normalized spacial score (nSPS) is 14.3. The molecule has 0 saturated heterocycles. The Morgan fingerprint density at radius 2 is 2.04 bits per heavy atom. The quantitative estimate of drug-likeness (QED) is 0.697. The van der Waals surface area contributed by atoms with Gasteiger partial charge in [0, 0.05) is 32.3 Å². The molecule has 134 valence electrons. The fourth-order valence-electron chi connectivity index (χ4n) is 3.04. The lowest BCUT2D eigenvalue weighted by molar-refractivity contribution is 0.0785. The van der Waals surface area contributed by atoms with Crippen molar-refractivity contribution in [3.05, 3.63) is 47.3 Å². The molecule has 3 N–H and O–H groups in total. The van der Waals surface area contributed by atoms with Gasteiger partial charge < -0.3 is 20.4 Å². The van der Waals surface area contributed by atoms with E-state index in [-0.39, 0.29) is 6.61 Å². The summed E-state index contributed by atoms with van der Waals surface area (Å²) in [6.45, 7) is 6.17. The van der Waals surface area contributed by atoms with Gasteiger partial charge in [0.2, 0.25) is 0 Å². The van der Waals surface area contributed by atoms with Crippen molar-refractivity contribution < 1.29 is 10.2 Å². The highest BCUT2D eigenvalue weighted by atomic mass is 16.3. The van der Waals surface area contributed by atoms with Crippen LogP contribution in [-0.4, -0.2) is 39.9 Å². The molecule has 25 heavy (non-hydrogen) atoms. The number of nitrogens with one attached hydrogen (secondary N) is 1. The number of benzene rings is 1. The standard InChI is InChI=1S/C19H26N4O2/c1-19(2,25)16-5-4-15-12-23(8-6-14(15)10-16)18-11-17(21-13-22-18)20-7-3-9-24/h4-5,10-11,13,24-25H,3,6-9,12H2,1-2H3,(H,20,21,22). The van der Waals surface area contributed by atoms with Crippen LogP contribution in [0.15, 0.2) is 30.6 Å². The SMILES string of the molecule is CC(C)(O)c1ccc2c(c1)CCN(c1cc(NCCCO)ncn1)C2. The van der Waals surface area contributed by atoms with E-state index in [0.717, 1.165) is 36.7 Å². The van der Waals surface area contributed by atoms with Gasteiger partial charge in [-0.1, -0.05) is 18.2 Å². The molecule has 3 rings (SSSR count). The first kappa shape index (κ1) is 17.6. The van der Waals surface area contributed by atoms with E-state index >= 15 is 0 Å². The van der Waals surface area contributed by atoms with E-state index < -0.39 is 5.60 Å². The van der Waals surface area contributed by atoms with E-state index in [0.29, 0.717) is 13.0 Å². The van der Waals surface area contributed by atoms with Crippen molar-refractivity contribution in [2.75, 3.05) is 29.9 Å². The topological polar surface area (TPSA) is 81.5 Å². The second-order valence-corrected chi connectivity index (χ2v) is 6.98. The Labute approximate surface area is 148 Å². The molecule has 0 bridgehead atoms. The summed E-state index contributed by atoms with van der Waals surface area (Å²) in [6, 6.07) is 8.18. The lowest BCUT2D eigenvalue weighted by Crippen LogP contribution is -2.31. The largest absolute Gasteiger partial charge is 0.396 e. The van der Waals surface area contributed by atoms with Gasteiger partial charge in [-0.25, -0.2) is 9.97 Å². The van der Waals surface area contributed by atoms with Crippen molar-refractivity contribution in [3.63, 3.8) is 0 Å². The molecule has 0 fully saturated rings. The van der Waals surface area contributed by atoms with Crippen LogP contribution in [0.4, 0.5) is 11.6 Å². The fraction of sp³-hybridized carbons (Fsp3) is 0.474. The predicted octanol–water partition coefficient (Wildman–Crippen LogP) is 2.06. The number of anilines is 2. The van der Waals surface area contributed by atoms with Crippen LogP contribution in [-0.2, 0) is 18.6 Å². The molecule has 0 saturated carbocycles. The van der Waals surface area contributed by atoms with Crippen molar-refractivity contribution in [2.24, 2.45) is 0 Å². The average Bonchev–Trinajstić information content (AvgIpc) is 2.60. The molecule has 6 nitrogen and oxygen atoms in total. The average molecular weight is 342 g/mol. The van der Waals surface area contributed by atoms with Crippen molar-refractivity contribution in [2.45, 2.75) is 38.8 Å². The minimum absolute atomic E-state index is 0.167. The number of aromatic nitrogens is 2. The molecular weight excluding hydrogens is 316 g/mol. The fourth-order valence-corrected chi connectivity index (χ4v) is 3.04. The van der Waals surface area contributed by atoms with Crippen LogP contribution < -0.4 is 10.2 Å². The number of hydrogen-bond acceptors (Lipinski definition) is 6. The summed E-state index contributed by atoms with van der Waals surface area (Å²) in [5.41, 5.74) is 2.71. The number of aliphatic hydroxyl groups excluding tert-OH is 1. The van der Waals surface area contributed by atoms with Gasteiger partial charge >= 0.3 is 0 Å². The zero-order valence-electron chi connectivity index (χ0n) is 14.9. The molecule has 0 spiro atoms. The molecule has 1 aliphatic heterocycles. The summed E-state index contributed by atoms with van der Waals surface area (Å²) >= 11 is 0. The van der Waals surface area contributed by atoms with Crippen molar-refractivity contribution in [3.8, 4) is 0 Å². The van der Waals surface area contributed by atoms with E-state index in [2.05, 4.69) is 32.3 Å². The van der Waals surface area contributed by atoms with Gasteiger partial charge in [-0.2, -0.15) is 0 Å². The van der Waals surface area contributed by atoms with Gasteiger partial charge in [-0.15, -0.1) is 0 Å². The Hall–Kier alpha value is -2.18. The van der Waals surface area contributed by atoms with Crippen LogP contribution in [0.2, 0.25) is 0 Å². The Morgan fingerprint density at radius 3 is 2.80 bits per heavy atom. The molecular formula is C19H26N4O2. The second kappa shape index (κ2) is 7.37. The highest BCUT2D eigenvalue weighted by molar-refractivity contribution is 5.51. The maximum absolute atomic E-state index is 10.2. The van der Waals surface area contributed by atoms with Gasteiger partial charge in [0.05, 0.1) is 5.60 Å². The number of aliphatic hydroxyl groups is 2. The Balaban J connectivity index is 1.73. The van der Waals surface area contributed by atoms with Crippen LogP contribution in [0.3, 0.4) is 0 Å². The van der Waals surface area contributed by atoms with E-state index in [4.69, 9.17) is 5.11 Å². The Bertz CT molecular complexity index is 728. The zero-order chi connectivity index (χ0) is 17.9. The summed E-state index contributed by atoms with van der Waals surface area (Å²) < 4.78 is 0.